The van der Waals surface area contributed by atoms with Crippen molar-refractivity contribution < 1.29 is 15.0 Å². The van der Waals surface area contributed by atoms with Gasteiger partial charge in [0.05, 0.1) is 5.60 Å². The van der Waals surface area contributed by atoms with E-state index in [-0.39, 0.29) is 0 Å². The summed E-state index contributed by atoms with van der Waals surface area (Å²) in [4.78, 5) is 10.4. The molecule has 0 aromatic carbocycles. The van der Waals surface area contributed by atoms with E-state index < -0.39 is 17.6 Å². The molecule has 4 nitrogen and oxygen atoms in total. The predicted octanol–water partition coefficient (Wildman–Crippen LogP) is 0.683. The highest BCUT2D eigenvalue weighted by Crippen LogP contribution is 2.20. The number of hydrogen-bond acceptors (Lipinski definition) is 4. The minimum Gasteiger partial charge on any atom is -0.480 e. The minimum atomic E-state index is -0.992. The summed E-state index contributed by atoms with van der Waals surface area (Å²) >= 11 is 1.39. The van der Waals surface area contributed by atoms with Crippen molar-refractivity contribution in [2.75, 3.05) is 11.5 Å². The van der Waals surface area contributed by atoms with Crippen molar-refractivity contribution in [1.29, 1.82) is 0 Å². The van der Waals surface area contributed by atoms with Gasteiger partial charge in [-0.1, -0.05) is 13.8 Å². The number of aliphatic hydroxyl groups is 1. The van der Waals surface area contributed by atoms with Crippen molar-refractivity contribution in [3.8, 4) is 0 Å². The Morgan fingerprint density at radius 2 is 2.00 bits per heavy atom. The Balaban J connectivity index is 3.77. The molecule has 0 bridgehead atoms. The number of carbonyl (C=O) groups is 1. The summed E-state index contributed by atoms with van der Waals surface area (Å²) < 4.78 is 0. The van der Waals surface area contributed by atoms with E-state index >= 15 is 0 Å². The summed E-state index contributed by atoms with van der Waals surface area (Å²) in [7, 11) is 0. The first-order valence-corrected chi connectivity index (χ1v) is 5.89. The molecule has 1 atom stereocenters. The lowest BCUT2D eigenvalue weighted by Crippen LogP contribution is -2.35. The Morgan fingerprint density at radius 3 is 2.36 bits per heavy atom. The zero-order valence-electron chi connectivity index (χ0n) is 8.69. The van der Waals surface area contributed by atoms with Gasteiger partial charge in [0.2, 0.25) is 0 Å². The molecule has 5 heteroatoms. The highest BCUT2D eigenvalue weighted by atomic mass is 32.2. The first kappa shape index (κ1) is 13.7. The van der Waals surface area contributed by atoms with Crippen LogP contribution in [0.4, 0.5) is 0 Å². The van der Waals surface area contributed by atoms with Crippen LogP contribution in [-0.4, -0.2) is 39.3 Å². The van der Waals surface area contributed by atoms with Crippen molar-refractivity contribution in [3.05, 3.63) is 0 Å². The molecule has 0 aliphatic rings. The molecule has 0 saturated carbocycles. The molecule has 84 valence electrons. The minimum absolute atomic E-state index is 0.345. The van der Waals surface area contributed by atoms with E-state index in [1.54, 1.807) is 0 Å². The molecule has 0 rings (SSSR count). The highest BCUT2D eigenvalue weighted by Gasteiger charge is 2.22. The fourth-order valence-electron chi connectivity index (χ4n) is 0.901. The van der Waals surface area contributed by atoms with E-state index in [1.165, 1.54) is 11.8 Å². The number of thioether (sulfide) groups is 1. The first-order chi connectivity index (χ1) is 6.45. The predicted molar refractivity (Wildman–Crippen MR) is 58.5 cm³/mol. The van der Waals surface area contributed by atoms with Crippen LogP contribution in [-0.2, 0) is 4.79 Å². The Morgan fingerprint density at radius 1 is 1.50 bits per heavy atom. The topological polar surface area (TPSA) is 83.5 Å². The van der Waals surface area contributed by atoms with E-state index in [0.717, 1.165) is 0 Å². The lowest BCUT2D eigenvalue weighted by Gasteiger charge is -2.24. The maximum Gasteiger partial charge on any atom is 0.321 e. The second-order valence-corrected chi connectivity index (χ2v) is 4.42. The Bertz CT molecular complexity index is 183. The van der Waals surface area contributed by atoms with Crippen molar-refractivity contribution in [1.82, 2.24) is 0 Å². The fourth-order valence-corrected chi connectivity index (χ4v) is 2.20. The van der Waals surface area contributed by atoms with Gasteiger partial charge in [-0.15, -0.1) is 0 Å². The van der Waals surface area contributed by atoms with E-state index in [9.17, 15) is 9.90 Å². The molecule has 0 radical (unpaired) electrons. The number of hydrogen-bond donors (Lipinski definition) is 3. The number of carboxylic acids is 1. The fraction of sp³-hybridized carbons (Fsp3) is 0.889. The third kappa shape index (κ3) is 4.83. The molecule has 0 fully saturated rings. The monoisotopic (exact) mass is 221 g/mol. The summed E-state index contributed by atoms with van der Waals surface area (Å²) in [6.45, 7) is 3.84. The normalized spacial score (nSPS) is 14.0. The van der Waals surface area contributed by atoms with Gasteiger partial charge >= 0.3 is 5.97 Å². The number of nitrogens with two attached hydrogens (primary N) is 1. The summed E-state index contributed by atoms with van der Waals surface area (Å²) in [6, 6.07) is -0.835. The van der Waals surface area contributed by atoms with Crippen LogP contribution in [0.3, 0.4) is 0 Å². The Hall–Kier alpha value is -0.260. The van der Waals surface area contributed by atoms with Crippen LogP contribution in [0, 0.1) is 0 Å². The van der Waals surface area contributed by atoms with E-state index in [0.29, 0.717) is 24.3 Å². The van der Waals surface area contributed by atoms with Gasteiger partial charge in [0.15, 0.2) is 0 Å². The Labute approximate surface area is 88.9 Å². The summed E-state index contributed by atoms with van der Waals surface area (Å²) in [6.07, 6.45) is 1.36. The van der Waals surface area contributed by atoms with Crippen molar-refractivity contribution in [2.45, 2.75) is 38.3 Å². The van der Waals surface area contributed by atoms with Crippen molar-refractivity contribution in [2.24, 2.45) is 5.73 Å². The average molecular weight is 221 g/mol. The van der Waals surface area contributed by atoms with Crippen molar-refractivity contribution in [3.63, 3.8) is 0 Å². The Kier molecular flexibility index (Phi) is 6.15. The molecule has 4 N–H and O–H groups in total. The molecule has 0 unspecified atom stereocenters. The van der Waals surface area contributed by atoms with Crippen LogP contribution < -0.4 is 5.73 Å². The van der Waals surface area contributed by atoms with Gasteiger partial charge in [-0.2, -0.15) is 11.8 Å². The second-order valence-electron chi connectivity index (χ2n) is 3.39. The zero-order valence-corrected chi connectivity index (χ0v) is 9.51. The maximum atomic E-state index is 10.4. The summed E-state index contributed by atoms with van der Waals surface area (Å²) in [5, 5.41) is 18.4. The molecule has 0 saturated heterocycles. The van der Waals surface area contributed by atoms with Gasteiger partial charge in [-0.25, -0.2) is 0 Å². The molecule has 0 aliphatic carbocycles. The first-order valence-electron chi connectivity index (χ1n) is 4.73. The quantitative estimate of drug-likeness (QED) is 0.589. The van der Waals surface area contributed by atoms with Crippen LogP contribution in [0.2, 0.25) is 0 Å². The number of carboxylic acid groups (broad SMARTS) is 1. The standard InChI is InChI=1S/C9H19NO3S/c1-3-9(13,4-2)6-14-5-7(10)8(11)12/h7,13H,3-6,10H2,1-2H3,(H,11,12)/t7-/m1/s1. The van der Waals surface area contributed by atoms with E-state index in [2.05, 4.69) is 0 Å². The summed E-state index contributed by atoms with van der Waals surface area (Å²) in [5.41, 5.74) is 4.65. The molecule has 0 aromatic heterocycles. The number of aliphatic carboxylic acids is 1. The van der Waals surface area contributed by atoms with Gasteiger partial charge in [-0.05, 0) is 12.8 Å². The third-order valence-corrected chi connectivity index (χ3v) is 3.64. The SMILES string of the molecule is CCC(O)(CC)CSC[C@@H](N)C(=O)O. The second kappa shape index (κ2) is 6.27. The van der Waals surface area contributed by atoms with Crippen molar-refractivity contribution >= 4 is 17.7 Å². The molecule has 0 aliphatic heterocycles. The van der Waals surface area contributed by atoms with Gasteiger partial charge in [0.25, 0.3) is 0 Å². The molecule has 0 aromatic rings. The smallest absolute Gasteiger partial charge is 0.321 e. The van der Waals surface area contributed by atoms with Gasteiger partial charge in [0.1, 0.15) is 6.04 Å². The average Bonchev–Trinajstić information content (AvgIpc) is 2.17. The third-order valence-electron chi connectivity index (χ3n) is 2.30. The summed E-state index contributed by atoms with van der Waals surface area (Å²) in [5.74, 6) is -0.104. The molecular weight excluding hydrogens is 202 g/mol. The zero-order chi connectivity index (χ0) is 11.2. The molecular formula is C9H19NO3S. The number of rotatable bonds is 7. The van der Waals surface area contributed by atoms with Crippen LogP contribution in [0.1, 0.15) is 26.7 Å². The van der Waals surface area contributed by atoms with E-state index in [4.69, 9.17) is 10.8 Å². The van der Waals surface area contributed by atoms with Gasteiger partial charge < -0.3 is 15.9 Å². The van der Waals surface area contributed by atoms with Gasteiger partial charge in [0, 0.05) is 11.5 Å². The molecule has 0 spiro atoms. The van der Waals surface area contributed by atoms with Crippen LogP contribution >= 0.6 is 11.8 Å². The van der Waals surface area contributed by atoms with E-state index in [1.807, 2.05) is 13.8 Å². The largest absolute Gasteiger partial charge is 0.480 e. The maximum absolute atomic E-state index is 10.4. The van der Waals surface area contributed by atoms with Gasteiger partial charge in [-0.3, -0.25) is 4.79 Å². The van der Waals surface area contributed by atoms with Crippen LogP contribution in [0.5, 0.6) is 0 Å². The molecule has 0 heterocycles. The molecule has 0 amide bonds. The lowest BCUT2D eigenvalue weighted by atomic mass is 10.0. The van der Waals surface area contributed by atoms with Crippen LogP contribution in [0.25, 0.3) is 0 Å². The highest BCUT2D eigenvalue weighted by molar-refractivity contribution is 7.99. The lowest BCUT2D eigenvalue weighted by molar-refractivity contribution is -0.137. The molecule has 14 heavy (non-hydrogen) atoms. The van der Waals surface area contributed by atoms with Crippen LogP contribution in [0.15, 0.2) is 0 Å².